The van der Waals surface area contributed by atoms with Crippen LogP contribution >= 0.6 is 0 Å². The summed E-state index contributed by atoms with van der Waals surface area (Å²) in [5.41, 5.74) is 3.04. The lowest BCUT2D eigenvalue weighted by atomic mass is 10.1. The Kier molecular flexibility index (Phi) is 6.97. The highest BCUT2D eigenvalue weighted by Crippen LogP contribution is 2.19. The predicted octanol–water partition coefficient (Wildman–Crippen LogP) is 3.08. The molecule has 31 heavy (non-hydrogen) atoms. The van der Waals surface area contributed by atoms with E-state index in [4.69, 9.17) is 0 Å². The lowest BCUT2D eigenvalue weighted by Crippen LogP contribution is -2.36. The minimum Gasteiger partial charge on any atom is -0.396 e. The fraction of sp³-hybridized carbons (Fsp3) is 0.292. The van der Waals surface area contributed by atoms with E-state index in [1.54, 1.807) is 6.92 Å². The van der Waals surface area contributed by atoms with Crippen molar-refractivity contribution in [2.45, 2.75) is 39.8 Å². The van der Waals surface area contributed by atoms with E-state index >= 15 is 0 Å². The zero-order valence-electron chi connectivity index (χ0n) is 17.9. The van der Waals surface area contributed by atoms with Crippen LogP contribution in [0.4, 0.5) is 4.39 Å². The number of carbonyl (C=O) groups is 1. The van der Waals surface area contributed by atoms with Crippen LogP contribution in [-0.2, 0) is 17.8 Å². The summed E-state index contributed by atoms with van der Waals surface area (Å²) in [7, 11) is 0. The summed E-state index contributed by atoms with van der Waals surface area (Å²) in [5, 5.41) is 12.2. The van der Waals surface area contributed by atoms with Gasteiger partial charge in [0.25, 0.3) is 5.56 Å². The van der Waals surface area contributed by atoms with Gasteiger partial charge in [0.05, 0.1) is 6.04 Å². The van der Waals surface area contributed by atoms with Crippen LogP contribution in [0.25, 0.3) is 11.4 Å². The monoisotopic (exact) mass is 423 g/mol. The minimum atomic E-state index is -0.407. The van der Waals surface area contributed by atoms with Gasteiger partial charge in [-0.3, -0.25) is 14.2 Å². The maximum absolute atomic E-state index is 13.4. The fourth-order valence-corrected chi connectivity index (χ4v) is 3.44. The summed E-state index contributed by atoms with van der Waals surface area (Å²) in [6.07, 6.45) is 0.142. The van der Waals surface area contributed by atoms with Crippen LogP contribution in [0.2, 0.25) is 0 Å². The zero-order chi connectivity index (χ0) is 22.5. The Morgan fingerprint density at radius 3 is 2.39 bits per heavy atom. The topological polar surface area (TPSA) is 84.2 Å². The first kappa shape index (κ1) is 22.4. The van der Waals surface area contributed by atoms with Crippen molar-refractivity contribution < 1.29 is 14.3 Å². The van der Waals surface area contributed by atoms with Gasteiger partial charge in [0, 0.05) is 29.8 Å². The maximum Gasteiger partial charge on any atom is 0.257 e. The number of hydrogen-bond acceptors (Lipinski definition) is 4. The van der Waals surface area contributed by atoms with Gasteiger partial charge in [-0.1, -0.05) is 29.8 Å². The second-order valence-electron chi connectivity index (χ2n) is 7.57. The molecule has 0 saturated carbocycles. The quantitative estimate of drug-likeness (QED) is 0.612. The molecule has 6 nitrogen and oxygen atoms in total. The number of halogens is 1. The number of aryl methyl sites for hydroxylation is 2. The molecule has 0 spiro atoms. The van der Waals surface area contributed by atoms with Gasteiger partial charge in [-0.25, -0.2) is 9.37 Å². The highest BCUT2D eigenvalue weighted by atomic mass is 19.1. The first-order chi connectivity index (χ1) is 14.8. The first-order valence-corrected chi connectivity index (χ1v) is 10.1. The largest absolute Gasteiger partial charge is 0.396 e. The van der Waals surface area contributed by atoms with Crippen LogP contribution in [0.5, 0.6) is 0 Å². The molecule has 3 rings (SSSR count). The molecule has 1 heterocycles. The van der Waals surface area contributed by atoms with E-state index in [2.05, 4.69) is 10.3 Å². The third-order valence-corrected chi connectivity index (χ3v) is 5.19. The second-order valence-corrected chi connectivity index (χ2v) is 7.57. The molecule has 0 fully saturated rings. The molecule has 2 aromatic carbocycles. The van der Waals surface area contributed by atoms with Crippen LogP contribution < -0.4 is 10.9 Å². The van der Waals surface area contributed by atoms with Gasteiger partial charge in [0.15, 0.2) is 0 Å². The highest BCUT2D eigenvalue weighted by Gasteiger charge is 2.19. The molecule has 0 aliphatic rings. The average Bonchev–Trinajstić information content (AvgIpc) is 2.74. The molecular formula is C24H26FN3O3. The van der Waals surface area contributed by atoms with Crippen molar-refractivity contribution in [2.75, 3.05) is 6.61 Å². The Labute approximate surface area is 180 Å². The van der Waals surface area contributed by atoms with Crippen molar-refractivity contribution in [1.29, 1.82) is 0 Å². The van der Waals surface area contributed by atoms with Gasteiger partial charge < -0.3 is 10.4 Å². The number of nitrogens with zero attached hydrogens (tertiary/aromatic N) is 2. The number of aliphatic hydroxyl groups is 1. The standard InChI is InChI=1S/C24H26FN3O3/c1-15-4-6-18(7-5-15)16(2)26-22(30)14-28-23(19-8-10-20(25)11-9-19)27-17(3)21(12-13-29)24(28)31/h4-11,16,29H,12-14H2,1-3H3,(H,26,30). The van der Waals surface area contributed by atoms with Crippen molar-refractivity contribution in [3.05, 3.63) is 87.1 Å². The SMILES string of the molecule is Cc1ccc(C(C)NC(=O)Cn2c(-c3ccc(F)cc3)nc(C)c(CCO)c2=O)cc1. The van der Waals surface area contributed by atoms with E-state index in [1.165, 1.54) is 28.8 Å². The van der Waals surface area contributed by atoms with Gasteiger partial charge in [-0.2, -0.15) is 0 Å². The summed E-state index contributed by atoms with van der Waals surface area (Å²) in [6, 6.07) is 13.2. The van der Waals surface area contributed by atoms with Crippen LogP contribution in [0, 0.1) is 19.7 Å². The number of rotatable bonds is 7. The van der Waals surface area contributed by atoms with E-state index in [0.29, 0.717) is 16.8 Å². The lowest BCUT2D eigenvalue weighted by molar-refractivity contribution is -0.122. The number of amides is 1. The summed E-state index contributed by atoms with van der Waals surface area (Å²) < 4.78 is 14.7. The number of nitrogens with one attached hydrogen (secondary N) is 1. The molecule has 0 saturated heterocycles. The lowest BCUT2D eigenvalue weighted by Gasteiger charge is -2.18. The maximum atomic E-state index is 13.4. The number of carbonyl (C=O) groups excluding carboxylic acids is 1. The summed E-state index contributed by atoms with van der Waals surface area (Å²) >= 11 is 0. The Morgan fingerprint density at radius 2 is 1.77 bits per heavy atom. The Balaban J connectivity index is 1.94. The number of benzene rings is 2. The smallest absolute Gasteiger partial charge is 0.257 e. The van der Waals surface area contributed by atoms with Gasteiger partial charge in [0.1, 0.15) is 18.2 Å². The second kappa shape index (κ2) is 9.66. The molecule has 0 bridgehead atoms. The molecule has 0 aliphatic carbocycles. The normalized spacial score (nSPS) is 11.9. The fourth-order valence-electron chi connectivity index (χ4n) is 3.44. The number of hydrogen-bond donors (Lipinski definition) is 2. The Morgan fingerprint density at radius 1 is 1.13 bits per heavy atom. The van der Waals surface area contributed by atoms with Gasteiger partial charge in [-0.05, 0) is 50.6 Å². The molecular weight excluding hydrogens is 397 g/mol. The van der Waals surface area contributed by atoms with E-state index < -0.39 is 5.82 Å². The summed E-state index contributed by atoms with van der Waals surface area (Å²) in [4.78, 5) is 30.4. The molecule has 1 atom stereocenters. The summed E-state index contributed by atoms with van der Waals surface area (Å²) in [6.45, 7) is 5.10. The Hall–Kier alpha value is -3.32. The van der Waals surface area contributed by atoms with Crippen molar-refractivity contribution in [3.63, 3.8) is 0 Å². The van der Waals surface area contributed by atoms with Crippen molar-refractivity contribution in [3.8, 4) is 11.4 Å². The summed E-state index contributed by atoms with van der Waals surface area (Å²) in [5.74, 6) is -0.475. The van der Waals surface area contributed by atoms with E-state index in [9.17, 15) is 19.1 Å². The third kappa shape index (κ3) is 5.24. The predicted molar refractivity (Wildman–Crippen MR) is 117 cm³/mol. The van der Waals surface area contributed by atoms with Gasteiger partial charge in [-0.15, -0.1) is 0 Å². The van der Waals surface area contributed by atoms with Gasteiger partial charge >= 0.3 is 0 Å². The molecule has 1 aromatic heterocycles. The number of aromatic nitrogens is 2. The van der Waals surface area contributed by atoms with Crippen LogP contribution in [0.15, 0.2) is 53.3 Å². The molecule has 1 unspecified atom stereocenters. The minimum absolute atomic E-state index is 0.142. The molecule has 0 aliphatic heterocycles. The van der Waals surface area contributed by atoms with Crippen molar-refractivity contribution in [1.82, 2.24) is 14.9 Å². The molecule has 162 valence electrons. The number of aliphatic hydroxyl groups excluding tert-OH is 1. The van der Waals surface area contributed by atoms with Crippen LogP contribution in [0.3, 0.4) is 0 Å². The molecule has 2 N–H and O–H groups in total. The van der Waals surface area contributed by atoms with Crippen LogP contribution in [0.1, 0.15) is 35.3 Å². The zero-order valence-corrected chi connectivity index (χ0v) is 17.9. The third-order valence-electron chi connectivity index (χ3n) is 5.19. The highest BCUT2D eigenvalue weighted by molar-refractivity contribution is 5.77. The van der Waals surface area contributed by atoms with Crippen LogP contribution in [-0.4, -0.2) is 27.2 Å². The molecule has 3 aromatic rings. The van der Waals surface area contributed by atoms with E-state index in [0.717, 1.165) is 11.1 Å². The van der Waals surface area contributed by atoms with E-state index in [-0.39, 0.29) is 42.9 Å². The van der Waals surface area contributed by atoms with E-state index in [1.807, 2.05) is 38.1 Å². The van der Waals surface area contributed by atoms with Crippen molar-refractivity contribution in [2.24, 2.45) is 0 Å². The Bertz CT molecular complexity index is 1120. The molecule has 7 heteroatoms. The average molecular weight is 423 g/mol. The van der Waals surface area contributed by atoms with Crippen molar-refractivity contribution >= 4 is 5.91 Å². The van der Waals surface area contributed by atoms with Gasteiger partial charge in [0.2, 0.25) is 5.91 Å². The molecule has 1 amide bonds. The first-order valence-electron chi connectivity index (χ1n) is 10.1. The molecule has 0 radical (unpaired) electrons.